The zero-order valence-corrected chi connectivity index (χ0v) is 10.9. The van der Waals surface area contributed by atoms with Crippen molar-refractivity contribution in [3.05, 3.63) is 12.2 Å². The number of carbonyl (C=O) groups excluding carboxylic acids is 1. The van der Waals surface area contributed by atoms with Gasteiger partial charge in [0.2, 0.25) is 0 Å². The standard InChI is InChI=1S/C15H24O/c1-10(2)12-7-9-15(4)8-5-6-11(3)13(15)14(12)16/h10,12-13H,3,5-9H2,1-2,4H3/t12-,13+,15+/m0/s1. The fourth-order valence-electron chi connectivity index (χ4n) is 3.82. The highest BCUT2D eigenvalue weighted by atomic mass is 16.1. The average molecular weight is 220 g/mol. The molecule has 2 aliphatic rings. The van der Waals surface area contributed by atoms with Gasteiger partial charge in [-0.3, -0.25) is 4.79 Å². The molecular formula is C15H24O. The summed E-state index contributed by atoms with van der Waals surface area (Å²) in [6.45, 7) is 10.8. The molecule has 3 atom stereocenters. The van der Waals surface area contributed by atoms with Crippen molar-refractivity contribution in [2.75, 3.05) is 0 Å². The fraction of sp³-hybridized carbons (Fsp3) is 0.800. The molecule has 0 aromatic carbocycles. The summed E-state index contributed by atoms with van der Waals surface area (Å²) in [7, 11) is 0. The second kappa shape index (κ2) is 4.01. The summed E-state index contributed by atoms with van der Waals surface area (Å²) in [6.07, 6.45) is 5.82. The minimum atomic E-state index is 0.169. The Morgan fingerprint density at radius 3 is 2.69 bits per heavy atom. The van der Waals surface area contributed by atoms with Crippen molar-refractivity contribution in [2.45, 2.75) is 52.9 Å². The van der Waals surface area contributed by atoms with E-state index in [0.717, 1.165) is 12.8 Å². The zero-order chi connectivity index (χ0) is 11.9. The molecule has 2 rings (SSSR count). The molecule has 0 aromatic heterocycles. The van der Waals surface area contributed by atoms with E-state index in [-0.39, 0.29) is 17.3 Å². The van der Waals surface area contributed by atoms with Crippen LogP contribution in [0, 0.1) is 23.2 Å². The Bertz CT molecular complexity index is 315. The highest BCUT2D eigenvalue weighted by Gasteiger charge is 2.48. The van der Waals surface area contributed by atoms with Crippen LogP contribution in [0.4, 0.5) is 0 Å². The monoisotopic (exact) mass is 220 g/mol. The lowest BCUT2D eigenvalue weighted by Gasteiger charge is -2.48. The van der Waals surface area contributed by atoms with Crippen molar-refractivity contribution in [3.63, 3.8) is 0 Å². The van der Waals surface area contributed by atoms with E-state index >= 15 is 0 Å². The number of fused-ring (bicyclic) bond motifs is 1. The molecule has 90 valence electrons. The first-order valence-corrected chi connectivity index (χ1v) is 6.67. The summed E-state index contributed by atoms with van der Waals surface area (Å²) in [5.74, 6) is 1.44. The third kappa shape index (κ3) is 1.74. The molecule has 0 heterocycles. The maximum Gasteiger partial charge on any atom is 0.143 e. The van der Waals surface area contributed by atoms with E-state index in [2.05, 4.69) is 27.4 Å². The molecule has 1 heteroatoms. The van der Waals surface area contributed by atoms with Gasteiger partial charge < -0.3 is 0 Å². The Hall–Kier alpha value is -0.590. The lowest BCUT2D eigenvalue weighted by Crippen LogP contribution is -2.46. The second-order valence-corrected chi connectivity index (χ2v) is 6.39. The molecule has 0 radical (unpaired) electrons. The molecule has 1 nitrogen and oxygen atoms in total. The van der Waals surface area contributed by atoms with E-state index in [9.17, 15) is 4.79 Å². The van der Waals surface area contributed by atoms with Gasteiger partial charge in [-0.15, -0.1) is 0 Å². The largest absolute Gasteiger partial charge is 0.299 e. The van der Waals surface area contributed by atoms with Gasteiger partial charge >= 0.3 is 0 Å². The van der Waals surface area contributed by atoms with Crippen molar-refractivity contribution in [1.82, 2.24) is 0 Å². The van der Waals surface area contributed by atoms with Gasteiger partial charge in [-0.1, -0.05) is 32.9 Å². The lowest BCUT2D eigenvalue weighted by atomic mass is 9.55. The van der Waals surface area contributed by atoms with Crippen LogP contribution in [-0.4, -0.2) is 5.78 Å². The third-order valence-electron chi connectivity index (χ3n) is 4.83. The topological polar surface area (TPSA) is 17.1 Å². The summed E-state index contributed by atoms with van der Waals surface area (Å²) >= 11 is 0. The van der Waals surface area contributed by atoms with Crippen LogP contribution in [0.3, 0.4) is 0 Å². The normalized spacial score (nSPS) is 40.0. The molecule has 0 N–H and O–H groups in total. The maximum absolute atomic E-state index is 12.6. The van der Waals surface area contributed by atoms with Crippen LogP contribution in [0.1, 0.15) is 52.9 Å². The number of carbonyl (C=O) groups is 1. The van der Waals surface area contributed by atoms with Crippen LogP contribution in [0.15, 0.2) is 12.2 Å². The quantitative estimate of drug-likeness (QED) is 0.611. The molecular weight excluding hydrogens is 196 g/mol. The molecule has 2 fully saturated rings. The van der Waals surface area contributed by atoms with Crippen LogP contribution in [0.2, 0.25) is 0 Å². The molecule has 0 bridgehead atoms. The van der Waals surface area contributed by atoms with Crippen LogP contribution in [0.25, 0.3) is 0 Å². The number of ketones is 1. The molecule has 0 saturated heterocycles. The lowest BCUT2D eigenvalue weighted by molar-refractivity contribution is -0.136. The predicted octanol–water partition coefficient (Wildman–Crippen LogP) is 3.98. The molecule has 2 saturated carbocycles. The van der Waals surface area contributed by atoms with Gasteiger partial charge in [0, 0.05) is 11.8 Å². The SMILES string of the molecule is C=C1CCC[C@]2(C)CC[C@@H](C(C)C)C(=O)[C@@H]12. The highest BCUT2D eigenvalue weighted by Crippen LogP contribution is 2.52. The van der Waals surface area contributed by atoms with Crippen LogP contribution in [0.5, 0.6) is 0 Å². The smallest absolute Gasteiger partial charge is 0.143 e. The Morgan fingerprint density at radius 1 is 1.38 bits per heavy atom. The van der Waals surface area contributed by atoms with Crippen LogP contribution >= 0.6 is 0 Å². The summed E-state index contributed by atoms with van der Waals surface area (Å²) in [4.78, 5) is 12.6. The van der Waals surface area contributed by atoms with Gasteiger partial charge in [0.15, 0.2) is 0 Å². The van der Waals surface area contributed by atoms with Gasteiger partial charge in [-0.25, -0.2) is 0 Å². The van der Waals surface area contributed by atoms with E-state index in [4.69, 9.17) is 0 Å². The minimum absolute atomic E-state index is 0.169. The fourth-order valence-corrected chi connectivity index (χ4v) is 3.82. The number of rotatable bonds is 1. The summed E-state index contributed by atoms with van der Waals surface area (Å²) in [5.41, 5.74) is 1.45. The molecule has 0 spiro atoms. The van der Waals surface area contributed by atoms with E-state index < -0.39 is 0 Å². The highest BCUT2D eigenvalue weighted by molar-refractivity contribution is 5.87. The van der Waals surface area contributed by atoms with Gasteiger partial charge in [-0.2, -0.15) is 0 Å². The second-order valence-electron chi connectivity index (χ2n) is 6.39. The van der Waals surface area contributed by atoms with Crippen molar-refractivity contribution < 1.29 is 4.79 Å². The first-order valence-electron chi connectivity index (χ1n) is 6.67. The van der Waals surface area contributed by atoms with E-state index in [0.29, 0.717) is 11.7 Å². The number of allylic oxidation sites excluding steroid dienone is 1. The van der Waals surface area contributed by atoms with Crippen LogP contribution < -0.4 is 0 Å². The number of hydrogen-bond acceptors (Lipinski definition) is 1. The molecule has 0 unspecified atom stereocenters. The number of hydrogen-bond donors (Lipinski definition) is 0. The Balaban J connectivity index is 2.27. The first kappa shape index (κ1) is 11.9. The molecule has 0 aromatic rings. The predicted molar refractivity (Wildman–Crippen MR) is 67.2 cm³/mol. The zero-order valence-electron chi connectivity index (χ0n) is 10.9. The maximum atomic E-state index is 12.6. The van der Waals surface area contributed by atoms with Gasteiger partial charge in [0.1, 0.15) is 5.78 Å². The molecule has 2 aliphatic carbocycles. The van der Waals surface area contributed by atoms with Crippen molar-refractivity contribution in [2.24, 2.45) is 23.2 Å². The Labute approximate surface area is 99.3 Å². The van der Waals surface area contributed by atoms with Gasteiger partial charge in [0.25, 0.3) is 0 Å². The van der Waals surface area contributed by atoms with Gasteiger partial charge in [-0.05, 0) is 43.4 Å². The van der Waals surface area contributed by atoms with Crippen LogP contribution in [-0.2, 0) is 4.79 Å². The molecule has 0 aliphatic heterocycles. The summed E-state index contributed by atoms with van der Waals surface area (Å²) < 4.78 is 0. The Kier molecular flexibility index (Phi) is 2.98. The molecule has 0 amide bonds. The first-order chi connectivity index (χ1) is 7.46. The summed E-state index contributed by atoms with van der Waals surface area (Å²) in [6, 6.07) is 0. The summed E-state index contributed by atoms with van der Waals surface area (Å²) in [5, 5.41) is 0. The van der Waals surface area contributed by atoms with E-state index in [1.165, 1.54) is 24.8 Å². The molecule has 16 heavy (non-hydrogen) atoms. The van der Waals surface area contributed by atoms with Gasteiger partial charge in [0.05, 0.1) is 0 Å². The van der Waals surface area contributed by atoms with Crippen molar-refractivity contribution >= 4 is 5.78 Å². The van der Waals surface area contributed by atoms with Crippen molar-refractivity contribution in [1.29, 1.82) is 0 Å². The minimum Gasteiger partial charge on any atom is -0.299 e. The van der Waals surface area contributed by atoms with Crippen molar-refractivity contribution in [3.8, 4) is 0 Å². The van der Waals surface area contributed by atoms with E-state index in [1.807, 2.05) is 0 Å². The third-order valence-corrected chi connectivity index (χ3v) is 4.83. The Morgan fingerprint density at radius 2 is 2.06 bits per heavy atom. The number of Topliss-reactive ketones (excluding diaryl/α,β-unsaturated/α-hetero) is 1. The van der Waals surface area contributed by atoms with E-state index in [1.54, 1.807) is 0 Å². The average Bonchev–Trinajstić information content (AvgIpc) is 2.16.